The van der Waals surface area contributed by atoms with Gasteiger partial charge in [-0.15, -0.1) is 0 Å². The molecule has 3 amide bonds. The highest BCUT2D eigenvalue weighted by Crippen LogP contribution is 1.99. The Labute approximate surface area is 161 Å². The fourth-order valence-corrected chi connectivity index (χ4v) is 2.53. The van der Waals surface area contributed by atoms with Crippen molar-refractivity contribution >= 4 is 40.1 Å². The van der Waals surface area contributed by atoms with Gasteiger partial charge in [-0.2, -0.15) is 8.42 Å². The SMILES string of the molecule is NCC(=O)N[C@@H](CCCN=C(N)N)C(=O)NCC(=O)N[C@H](C=O)CS(=O)(=O)O. The van der Waals surface area contributed by atoms with Crippen LogP contribution in [0.4, 0.5) is 0 Å². The van der Waals surface area contributed by atoms with Gasteiger partial charge in [0.25, 0.3) is 10.1 Å². The van der Waals surface area contributed by atoms with Crippen LogP contribution in [0.25, 0.3) is 0 Å². The van der Waals surface area contributed by atoms with Gasteiger partial charge in [-0.3, -0.25) is 23.9 Å². The van der Waals surface area contributed by atoms with Gasteiger partial charge < -0.3 is 37.9 Å². The van der Waals surface area contributed by atoms with Crippen molar-refractivity contribution in [3.8, 4) is 0 Å². The third kappa shape index (κ3) is 12.6. The summed E-state index contributed by atoms with van der Waals surface area (Å²) in [5, 5.41) is 6.63. The van der Waals surface area contributed by atoms with Crippen LogP contribution in [-0.2, 0) is 29.3 Å². The Morgan fingerprint density at radius 2 is 1.79 bits per heavy atom. The van der Waals surface area contributed by atoms with Gasteiger partial charge in [0.2, 0.25) is 17.7 Å². The van der Waals surface area contributed by atoms with E-state index in [1.165, 1.54) is 0 Å². The molecule has 0 fully saturated rings. The van der Waals surface area contributed by atoms with E-state index in [-0.39, 0.29) is 31.8 Å². The van der Waals surface area contributed by atoms with Gasteiger partial charge in [0.1, 0.15) is 24.1 Å². The van der Waals surface area contributed by atoms with Crippen LogP contribution < -0.4 is 33.2 Å². The normalized spacial score (nSPS) is 12.9. The Kier molecular flexibility index (Phi) is 11.3. The standard InChI is InChI=1S/C13H25N7O7S/c14-4-10(22)20-9(2-1-3-17-13(15)16)12(24)18-5-11(23)19-8(6-21)7-28(25,26)27/h6,8-9H,1-5,7,14H2,(H,18,24)(H,19,23)(H,20,22)(H4,15,16,17)(H,25,26,27)/t8-,9+/m1/s1. The third-order valence-electron chi connectivity index (χ3n) is 3.11. The Morgan fingerprint density at radius 3 is 2.29 bits per heavy atom. The molecule has 2 atom stereocenters. The van der Waals surface area contributed by atoms with Gasteiger partial charge >= 0.3 is 0 Å². The van der Waals surface area contributed by atoms with Gasteiger partial charge in [-0.1, -0.05) is 0 Å². The van der Waals surface area contributed by atoms with Crippen LogP contribution in [0.1, 0.15) is 12.8 Å². The molecule has 0 aliphatic rings. The second-order valence-electron chi connectivity index (χ2n) is 5.55. The first kappa shape index (κ1) is 25.2. The molecule has 0 bridgehead atoms. The molecule has 10 N–H and O–H groups in total. The second-order valence-corrected chi connectivity index (χ2v) is 7.05. The highest BCUT2D eigenvalue weighted by atomic mass is 32.2. The first-order valence-corrected chi connectivity index (χ1v) is 9.61. The van der Waals surface area contributed by atoms with Gasteiger partial charge in [-0.25, -0.2) is 0 Å². The second kappa shape index (κ2) is 12.6. The van der Waals surface area contributed by atoms with Crippen molar-refractivity contribution in [2.75, 3.05) is 25.4 Å². The maximum Gasteiger partial charge on any atom is 0.267 e. The highest BCUT2D eigenvalue weighted by molar-refractivity contribution is 7.85. The lowest BCUT2D eigenvalue weighted by molar-refractivity contribution is -0.130. The fraction of sp³-hybridized carbons (Fsp3) is 0.615. The van der Waals surface area contributed by atoms with Crippen molar-refractivity contribution in [1.82, 2.24) is 16.0 Å². The molecule has 14 nitrogen and oxygen atoms in total. The van der Waals surface area contributed by atoms with E-state index in [1.807, 2.05) is 5.32 Å². The molecule has 0 aliphatic carbocycles. The summed E-state index contributed by atoms with van der Waals surface area (Å²) in [5.41, 5.74) is 15.6. The van der Waals surface area contributed by atoms with E-state index in [9.17, 15) is 27.6 Å². The number of aliphatic imine (C=N–C) groups is 1. The molecular weight excluding hydrogens is 398 g/mol. The van der Waals surface area contributed by atoms with E-state index >= 15 is 0 Å². The van der Waals surface area contributed by atoms with Crippen LogP contribution in [-0.4, -0.2) is 80.4 Å². The van der Waals surface area contributed by atoms with E-state index in [4.69, 9.17) is 21.8 Å². The molecule has 160 valence electrons. The summed E-state index contributed by atoms with van der Waals surface area (Å²) in [6, 6.07) is -2.50. The molecule has 0 saturated heterocycles. The number of amides is 3. The number of nitrogens with one attached hydrogen (secondary N) is 3. The first-order valence-electron chi connectivity index (χ1n) is 8.00. The van der Waals surface area contributed by atoms with Crippen molar-refractivity contribution in [2.45, 2.75) is 24.9 Å². The average molecular weight is 423 g/mol. The van der Waals surface area contributed by atoms with Crippen molar-refractivity contribution in [2.24, 2.45) is 22.2 Å². The minimum absolute atomic E-state index is 0.126. The van der Waals surface area contributed by atoms with Crippen LogP contribution in [0.15, 0.2) is 4.99 Å². The summed E-state index contributed by atoms with van der Waals surface area (Å²) >= 11 is 0. The summed E-state index contributed by atoms with van der Waals surface area (Å²) in [7, 11) is -4.48. The van der Waals surface area contributed by atoms with E-state index < -0.39 is 52.2 Å². The van der Waals surface area contributed by atoms with Crippen molar-refractivity contribution in [1.29, 1.82) is 0 Å². The number of nitrogens with two attached hydrogens (primary N) is 3. The Bertz CT molecular complexity index is 691. The van der Waals surface area contributed by atoms with Crippen LogP contribution in [0.3, 0.4) is 0 Å². The zero-order valence-electron chi connectivity index (χ0n) is 15.0. The maximum absolute atomic E-state index is 12.2. The first-order chi connectivity index (χ1) is 13.0. The predicted molar refractivity (Wildman–Crippen MR) is 98.3 cm³/mol. The van der Waals surface area contributed by atoms with Crippen molar-refractivity contribution in [3.63, 3.8) is 0 Å². The summed E-state index contributed by atoms with van der Waals surface area (Å²) < 4.78 is 30.2. The van der Waals surface area contributed by atoms with Crippen molar-refractivity contribution in [3.05, 3.63) is 0 Å². The van der Waals surface area contributed by atoms with Crippen LogP contribution in [0.5, 0.6) is 0 Å². The van der Waals surface area contributed by atoms with Crippen molar-refractivity contribution < 1.29 is 32.1 Å². The summed E-state index contributed by atoms with van der Waals surface area (Å²) in [6.45, 7) is -0.742. The molecule has 28 heavy (non-hydrogen) atoms. The molecule has 0 heterocycles. The largest absolute Gasteiger partial charge is 0.370 e. The molecule has 0 rings (SSSR count). The van der Waals surface area contributed by atoms with Crippen LogP contribution in [0, 0.1) is 0 Å². The van der Waals surface area contributed by atoms with Gasteiger partial charge in [0.05, 0.1) is 13.1 Å². The number of guanidine groups is 1. The predicted octanol–water partition coefficient (Wildman–Crippen LogP) is -4.83. The van der Waals surface area contributed by atoms with Crippen LogP contribution in [0.2, 0.25) is 0 Å². The fourth-order valence-electron chi connectivity index (χ4n) is 1.92. The number of carbonyl (C=O) groups excluding carboxylic acids is 4. The molecule has 0 aromatic carbocycles. The maximum atomic E-state index is 12.2. The number of rotatable bonds is 13. The minimum atomic E-state index is -4.48. The zero-order valence-corrected chi connectivity index (χ0v) is 15.8. The Balaban J connectivity index is 4.69. The van der Waals surface area contributed by atoms with E-state index in [0.717, 1.165) is 0 Å². The van der Waals surface area contributed by atoms with E-state index in [0.29, 0.717) is 6.42 Å². The Morgan fingerprint density at radius 1 is 1.14 bits per heavy atom. The smallest absolute Gasteiger partial charge is 0.267 e. The molecule has 0 unspecified atom stereocenters. The zero-order chi connectivity index (χ0) is 21.7. The molecule has 0 spiro atoms. The lowest BCUT2D eigenvalue weighted by Gasteiger charge is -2.18. The monoisotopic (exact) mass is 423 g/mol. The lowest BCUT2D eigenvalue weighted by atomic mass is 10.1. The number of aldehydes is 1. The third-order valence-corrected chi connectivity index (χ3v) is 3.89. The van der Waals surface area contributed by atoms with Gasteiger partial charge in [-0.05, 0) is 12.8 Å². The number of nitrogens with zero attached hydrogens (tertiary/aromatic N) is 1. The minimum Gasteiger partial charge on any atom is -0.370 e. The molecule has 15 heteroatoms. The topological polar surface area (TPSA) is 249 Å². The summed E-state index contributed by atoms with van der Waals surface area (Å²) in [6.07, 6.45) is 0.617. The summed E-state index contributed by atoms with van der Waals surface area (Å²) in [4.78, 5) is 49.8. The number of carbonyl (C=O) groups is 4. The lowest BCUT2D eigenvalue weighted by Crippen LogP contribution is -2.51. The van der Waals surface area contributed by atoms with Gasteiger partial charge in [0, 0.05) is 6.54 Å². The molecule has 0 aromatic rings. The molecule has 0 radical (unpaired) electrons. The summed E-state index contributed by atoms with van der Waals surface area (Å²) in [5.74, 6) is -3.31. The number of hydrogen-bond acceptors (Lipinski definition) is 8. The molecule has 0 saturated carbocycles. The number of hydrogen-bond donors (Lipinski definition) is 7. The molecule has 0 aliphatic heterocycles. The van der Waals surface area contributed by atoms with Gasteiger partial charge in [0.15, 0.2) is 5.96 Å². The van der Waals surface area contributed by atoms with E-state index in [1.54, 1.807) is 0 Å². The van der Waals surface area contributed by atoms with E-state index in [2.05, 4.69) is 15.6 Å². The molecule has 0 aromatic heterocycles. The Hall–Kier alpha value is -2.78. The quantitative estimate of drug-likeness (QED) is 0.0489. The molecular formula is C13H25N7O7S. The highest BCUT2D eigenvalue weighted by Gasteiger charge is 2.22. The van der Waals surface area contributed by atoms with Crippen LogP contribution >= 0.6 is 0 Å². The average Bonchev–Trinajstić information content (AvgIpc) is 2.59.